The first-order chi connectivity index (χ1) is 11.4. The number of piperidine rings is 1. The van der Waals surface area contributed by atoms with Crippen molar-refractivity contribution in [2.24, 2.45) is 5.92 Å². The molecule has 0 aliphatic carbocycles. The van der Waals surface area contributed by atoms with Crippen molar-refractivity contribution in [3.63, 3.8) is 0 Å². The van der Waals surface area contributed by atoms with Crippen LogP contribution in [-0.4, -0.2) is 39.9 Å². The molecule has 2 aromatic rings. The molecule has 0 bridgehead atoms. The zero-order chi connectivity index (χ0) is 17.3. The third kappa shape index (κ3) is 3.16. The van der Waals surface area contributed by atoms with Crippen LogP contribution < -0.4 is 0 Å². The Balaban J connectivity index is 1.82. The molecule has 3 rings (SSSR count). The van der Waals surface area contributed by atoms with Crippen LogP contribution in [0.25, 0.3) is 5.69 Å². The Morgan fingerprint density at radius 2 is 1.96 bits per heavy atom. The normalized spacial score (nSPS) is 18.7. The first kappa shape index (κ1) is 16.5. The van der Waals surface area contributed by atoms with Gasteiger partial charge >= 0.3 is 6.18 Å². The highest BCUT2D eigenvalue weighted by atomic mass is 19.4. The lowest BCUT2D eigenvalue weighted by atomic mass is 9.97. The second-order valence-electron chi connectivity index (χ2n) is 6.02. The van der Waals surface area contributed by atoms with E-state index in [0.29, 0.717) is 24.2 Å². The molecule has 24 heavy (non-hydrogen) atoms. The summed E-state index contributed by atoms with van der Waals surface area (Å²) in [5.41, 5.74) is 1.78. The molecule has 0 unspecified atom stereocenters. The Kier molecular flexibility index (Phi) is 4.34. The predicted molar refractivity (Wildman–Crippen MR) is 83.0 cm³/mol. The van der Waals surface area contributed by atoms with Gasteiger partial charge in [-0.05, 0) is 31.9 Å². The Hall–Kier alpha value is -2.31. The summed E-state index contributed by atoms with van der Waals surface area (Å²) >= 11 is 0. The van der Waals surface area contributed by atoms with Crippen molar-refractivity contribution in [3.8, 4) is 5.69 Å². The van der Waals surface area contributed by atoms with Gasteiger partial charge in [-0.1, -0.05) is 18.2 Å². The average Bonchev–Trinajstić information content (AvgIpc) is 2.96. The molecular formula is C17H18F3N3O. The Labute approximate surface area is 137 Å². The zero-order valence-corrected chi connectivity index (χ0v) is 13.3. The van der Waals surface area contributed by atoms with Gasteiger partial charge in [-0.2, -0.15) is 18.3 Å². The Morgan fingerprint density at radius 3 is 2.62 bits per heavy atom. The number of hydrogen-bond donors (Lipinski definition) is 0. The summed E-state index contributed by atoms with van der Waals surface area (Å²) in [6, 6.07) is 9.30. The molecule has 1 aliphatic heterocycles. The van der Waals surface area contributed by atoms with Gasteiger partial charge in [0.2, 0.25) is 0 Å². The molecule has 1 amide bonds. The number of aromatic nitrogens is 2. The number of halogens is 3. The summed E-state index contributed by atoms with van der Waals surface area (Å²) in [4.78, 5) is 13.9. The van der Waals surface area contributed by atoms with Crippen LogP contribution in [-0.2, 0) is 0 Å². The molecule has 0 spiro atoms. The molecule has 4 nitrogen and oxygen atoms in total. The molecule has 1 saturated heterocycles. The van der Waals surface area contributed by atoms with Crippen LogP contribution in [0.5, 0.6) is 0 Å². The molecule has 0 saturated carbocycles. The number of carbonyl (C=O) groups excluding carboxylic acids is 1. The van der Waals surface area contributed by atoms with Crippen LogP contribution in [0.3, 0.4) is 0 Å². The van der Waals surface area contributed by atoms with Gasteiger partial charge < -0.3 is 4.90 Å². The maximum Gasteiger partial charge on any atom is 0.393 e. The number of benzene rings is 1. The standard InChI is InChI=1S/C17H18F3N3O/c1-12-15(10-21-23(12)14-7-3-2-4-8-14)16(24)22-9-5-6-13(11-22)17(18,19)20/h2-4,7-8,10,13H,5-6,9,11H2,1H3/t13-/m1/s1. The molecule has 1 aromatic heterocycles. The number of carbonyl (C=O) groups is 1. The Bertz CT molecular complexity index is 724. The van der Waals surface area contributed by atoms with Crippen LogP contribution >= 0.6 is 0 Å². The largest absolute Gasteiger partial charge is 0.393 e. The van der Waals surface area contributed by atoms with E-state index in [2.05, 4.69) is 5.10 Å². The quantitative estimate of drug-likeness (QED) is 0.840. The van der Waals surface area contributed by atoms with Gasteiger partial charge in [-0.3, -0.25) is 4.79 Å². The summed E-state index contributed by atoms with van der Waals surface area (Å²) in [5.74, 6) is -1.83. The number of nitrogens with zero attached hydrogens (tertiary/aromatic N) is 3. The van der Waals surface area contributed by atoms with Crippen molar-refractivity contribution >= 4 is 5.91 Å². The highest BCUT2D eigenvalue weighted by Crippen LogP contribution is 2.33. The van der Waals surface area contributed by atoms with Crippen LogP contribution in [0.1, 0.15) is 28.9 Å². The SMILES string of the molecule is Cc1c(C(=O)N2CCC[C@@H](C(F)(F)F)C2)cnn1-c1ccccc1. The molecule has 0 radical (unpaired) electrons. The molecule has 1 fully saturated rings. The maximum atomic E-state index is 12.9. The molecule has 1 atom stereocenters. The third-order valence-corrected chi connectivity index (χ3v) is 4.41. The van der Waals surface area contributed by atoms with Gasteiger partial charge in [0.25, 0.3) is 5.91 Å². The van der Waals surface area contributed by atoms with E-state index in [-0.39, 0.29) is 18.9 Å². The minimum absolute atomic E-state index is 0.0789. The number of rotatable bonds is 2. The van der Waals surface area contributed by atoms with Crippen molar-refractivity contribution in [2.45, 2.75) is 25.9 Å². The number of likely N-dealkylation sites (tertiary alicyclic amines) is 1. The summed E-state index contributed by atoms with van der Waals surface area (Å²) < 4.78 is 40.4. The second kappa shape index (κ2) is 6.30. The lowest BCUT2D eigenvalue weighted by Gasteiger charge is -2.33. The fraction of sp³-hybridized carbons (Fsp3) is 0.412. The van der Waals surface area contributed by atoms with E-state index in [0.717, 1.165) is 5.69 Å². The summed E-state index contributed by atoms with van der Waals surface area (Å²) in [5, 5.41) is 4.22. The van der Waals surface area contributed by atoms with E-state index in [1.54, 1.807) is 11.6 Å². The summed E-state index contributed by atoms with van der Waals surface area (Å²) in [6.07, 6.45) is -2.39. The fourth-order valence-electron chi connectivity index (χ4n) is 3.05. The maximum absolute atomic E-state index is 12.9. The van der Waals surface area contributed by atoms with Crippen LogP contribution in [0.4, 0.5) is 13.2 Å². The van der Waals surface area contributed by atoms with Crippen molar-refractivity contribution in [3.05, 3.63) is 47.8 Å². The molecule has 1 aliphatic rings. The molecule has 1 aromatic carbocycles. The minimum atomic E-state index is -4.26. The van der Waals surface area contributed by atoms with Gasteiger partial charge in [0.1, 0.15) is 0 Å². The van der Waals surface area contributed by atoms with E-state index in [1.807, 2.05) is 30.3 Å². The topological polar surface area (TPSA) is 38.1 Å². The smallest absolute Gasteiger partial charge is 0.338 e. The van der Waals surface area contributed by atoms with E-state index in [1.165, 1.54) is 11.1 Å². The van der Waals surface area contributed by atoms with E-state index >= 15 is 0 Å². The fourth-order valence-corrected chi connectivity index (χ4v) is 3.05. The number of alkyl halides is 3. The van der Waals surface area contributed by atoms with Crippen molar-refractivity contribution in [1.29, 1.82) is 0 Å². The number of hydrogen-bond acceptors (Lipinski definition) is 2. The first-order valence-electron chi connectivity index (χ1n) is 7.84. The predicted octanol–water partition coefficient (Wildman–Crippen LogP) is 3.60. The highest BCUT2D eigenvalue weighted by Gasteiger charge is 2.43. The molecule has 2 heterocycles. The van der Waals surface area contributed by atoms with Gasteiger partial charge in [-0.25, -0.2) is 4.68 Å². The van der Waals surface area contributed by atoms with Gasteiger partial charge in [0.15, 0.2) is 0 Å². The molecule has 7 heteroatoms. The van der Waals surface area contributed by atoms with E-state index in [4.69, 9.17) is 0 Å². The van der Waals surface area contributed by atoms with Crippen LogP contribution in [0.15, 0.2) is 36.5 Å². The monoisotopic (exact) mass is 337 g/mol. The van der Waals surface area contributed by atoms with Crippen molar-refractivity contribution in [1.82, 2.24) is 14.7 Å². The van der Waals surface area contributed by atoms with Gasteiger partial charge in [-0.15, -0.1) is 0 Å². The summed E-state index contributed by atoms with van der Waals surface area (Å²) in [7, 11) is 0. The number of amides is 1. The van der Waals surface area contributed by atoms with E-state index in [9.17, 15) is 18.0 Å². The van der Waals surface area contributed by atoms with Crippen molar-refractivity contribution < 1.29 is 18.0 Å². The van der Waals surface area contributed by atoms with E-state index < -0.39 is 12.1 Å². The number of para-hydroxylation sites is 1. The molecule has 0 N–H and O–H groups in total. The first-order valence-corrected chi connectivity index (χ1v) is 7.84. The second-order valence-corrected chi connectivity index (χ2v) is 6.02. The average molecular weight is 337 g/mol. The zero-order valence-electron chi connectivity index (χ0n) is 13.3. The molecular weight excluding hydrogens is 319 g/mol. The van der Waals surface area contributed by atoms with Crippen LogP contribution in [0, 0.1) is 12.8 Å². The van der Waals surface area contributed by atoms with Crippen LogP contribution in [0.2, 0.25) is 0 Å². The summed E-state index contributed by atoms with van der Waals surface area (Å²) in [6.45, 7) is 1.82. The van der Waals surface area contributed by atoms with Gasteiger partial charge in [0, 0.05) is 13.1 Å². The lowest BCUT2D eigenvalue weighted by Crippen LogP contribution is -2.44. The third-order valence-electron chi connectivity index (χ3n) is 4.41. The van der Waals surface area contributed by atoms with Crippen molar-refractivity contribution in [2.75, 3.05) is 13.1 Å². The van der Waals surface area contributed by atoms with Gasteiger partial charge in [0.05, 0.1) is 29.1 Å². The minimum Gasteiger partial charge on any atom is -0.338 e. The lowest BCUT2D eigenvalue weighted by molar-refractivity contribution is -0.184. The molecule has 128 valence electrons. The Morgan fingerprint density at radius 1 is 1.25 bits per heavy atom. The highest BCUT2D eigenvalue weighted by molar-refractivity contribution is 5.95.